The number of nitriles is 1. The molecule has 43 heavy (non-hydrogen) atoms. The molecule has 13 heteroatoms. The van der Waals surface area contributed by atoms with Gasteiger partial charge in [-0.2, -0.15) is 5.26 Å². The predicted molar refractivity (Wildman–Crippen MR) is 151 cm³/mol. The van der Waals surface area contributed by atoms with Gasteiger partial charge in [-0.05, 0) is 37.5 Å². The zero-order valence-corrected chi connectivity index (χ0v) is 23.5. The molecular formula is C30H26ClF3N6O3. The molecule has 1 unspecified atom stereocenters. The van der Waals surface area contributed by atoms with Crippen molar-refractivity contribution in [3.63, 3.8) is 0 Å². The second-order valence-corrected chi connectivity index (χ2v) is 10.9. The van der Waals surface area contributed by atoms with Crippen molar-refractivity contribution in [2.75, 3.05) is 9.80 Å². The number of nitrogens with zero attached hydrogens (tertiary/aromatic N) is 5. The lowest BCUT2D eigenvalue weighted by Crippen LogP contribution is -2.53. The van der Waals surface area contributed by atoms with Crippen LogP contribution in [0, 0.1) is 17.1 Å². The molecule has 0 spiro atoms. The van der Waals surface area contributed by atoms with Gasteiger partial charge in [0, 0.05) is 48.2 Å². The number of rotatable bonds is 7. The molecule has 1 saturated heterocycles. The van der Waals surface area contributed by atoms with Crippen LogP contribution in [0.25, 0.3) is 0 Å². The molecule has 2 aromatic heterocycles. The summed E-state index contributed by atoms with van der Waals surface area (Å²) < 4.78 is 42.2. The van der Waals surface area contributed by atoms with E-state index in [1.807, 2.05) is 6.07 Å². The molecule has 3 heterocycles. The van der Waals surface area contributed by atoms with Gasteiger partial charge < -0.3 is 5.32 Å². The van der Waals surface area contributed by atoms with Crippen molar-refractivity contribution >= 4 is 40.8 Å². The first-order valence-electron chi connectivity index (χ1n) is 13.6. The summed E-state index contributed by atoms with van der Waals surface area (Å²) in [6, 6.07) is 8.85. The van der Waals surface area contributed by atoms with Gasteiger partial charge in [0.15, 0.2) is 0 Å². The molecule has 2 atom stereocenters. The van der Waals surface area contributed by atoms with Crippen molar-refractivity contribution in [2.24, 2.45) is 0 Å². The van der Waals surface area contributed by atoms with E-state index < -0.39 is 60.4 Å². The van der Waals surface area contributed by atoms with E-state index in [1.54, 1.807) is 12.1 Å². The molecule has 1 aliphatic heterocycles. The van der Waals surface area contributed by atoms with Gasteiger partial charge in [-0.25, -0.2) is 18.2 Å². The van der Waals surface area contributed by atoms with Crippen molar-refractivity contribution in [1.29, 1.82) is 5.26 Å². The van der Waals surface area contributed by atoms with Gasteiger partial charge in [-0.15, -0.1) is 0 Å². The quantitative estimate of drug-likeness (QED) is 0.397. The number of anilines is 2. The van der Waals surface area contributed by atoms with E-state index in [0.29, 0.717) is 0 Å². The third kappa shape index (κ3) is 6.46. The van der Waals surface area contributed by atoms with Crippen LogP contribution in [0.15, 0.2) is 61.1 Å². The highest BCUT2D eigenvalue weighted by Crippen LogP contribution is 2.37. The minimum absolute atomic E-state index is 0.0231. The number of hydrogen-bond donors (Lipinski definition) is 1. The van der Waals surface area contributed by atoms with E-state index in [-0.39, 0.29) is 53.3 Å². The van der Waals surface area contributed by atoms with Crippen LogP contribution in [0.1, 0.15) is 55.7 Å². The molecule has 0 bridgehead atoms. The number of carbonyl (C=O) groups excluding carboxylic acids is 3. The molecule has 1 N–H and O–H groups in total. The molecule has 1 aliphatic carbocycles. The largest absolute Gasteiger partial charge is 0.351 e. The normalized spacial score (nSPS) is 19.0. The van der Waals surface area contributed by atoms with Crippen LogP contribution in [-0.4, -0.2) is 45.7 Å². The summed E-state index contributed by atoms with van der Waals surface area (Å²) in [5, 5.41) is 12.3. The molecule has 2 aliphatic rings. The van der Waals surface area contributed by atoms with E-state index in [0.717, 1.165) is 22.1 Å². The van der Waals surface area contributed by atoms with Crippen molar-refractivity contribution in [3.8, 4) is 6.07 Å². The summed E-state index contributed by atoms with van der Waals surface area (Å²) in [5.41, 5.74) is 0.327. The Morgan fingerprint density at radius 2 is 1.88 bits per heavy atom. The number of alkyl halides is 2. The summed E-state index contributed by atoms with van der Waals surface area (Å²) in [6.45, 7) is 0. The van der Waals surface area contributed by atoms with Crippen LogP contribution < -0.4 is 15.1 Å². The zero-order chi connectivity index (χ0) is 30.7. The lowest BCUT2D eigenvalue weighted by molar-refractivity contribution is -0.128. The van der Waals surface area contributed by atoms with Crippen LogP contribution in [0.2, 0.25) is 5.02 Å². The summed E-state index contributed by atoms with van der Waals surface area (Å²) in [5.74, 6) is -5.45. The Hall–Kier alpha value is -4.50. The number of benzene rings is 1. The lowest BCUT2D eigenvalue weighted by Gasteiger charge is -2.36. The number of hydrogen-bond acceptors (Lipinski definition) is 6. The fourth-order valence-electron chi connectivity index (χ4n) is 5.48. The Balaban J connectivity index is 1.59. The molecule has 3 amide bonds. The standard InChI is InChI=1S/C30H26ClF3N6O3/c31-23-4-2-1-3-22(23)27(28(42)38-20-7-10-30(33,34)11-8-20)39(21-14-19(32)16-36-17-21)29(43)24-5-6-26(41)40(24)25-13-18(15-35)9-12-37-25/h1-4,9,12-14,16-17,20,24,27H,5-8,10-11H2,(H,38,42)/t24-,27?/m0/s1. The highest BCUT2D eigenvalue weighted by Gasteiger charge is 2.45. The van der Waals surface area contributed by atoms with Crippen molar-refractivity contribution in [3.05, 3.63) is 83.0 Å². The number of amides is 3. The average molecular weight is 611 g/mol. The molecule has 3 aromatic rings. The molecule has 0 radical (unpaired) electrons. The minimum Gasteiger partial charge on any atom is -0.351 e. The van der Waals surface area contributed by atoms with Gasteiger partial charge in [0.2, 0.25) is 17.7 Å². The second kappa shape index (κ2) is 12.4. The van der Waals surface area contributed by atoms with Crippen LogP contribution in [0.5, 0.6) is 0 Å². The number of aromatic nitrogens is 2. The Morgan fingerprint density at radius 1 is 1.14 bits per heavy atom. The van der Waals surface area contributed by atoms with E-state index in [2.05, 4.69) is 15.3 Å². The Morgan fingerprint density at radius 3 is 2.58 bits per heavy atom. The van der Waals surface area contributed by atoms with E-state index >= 15 is 0 Å². The summed E-state index contributed by atoms with van der Waals surface area (Å²) in [4.78, 5) is 51.9. The summed E-state index contributed by atoms with van der Waals surface area (Å²) in [6.07, 6.45) is 2.73. The molecule has 5 rings (SSSR count). The maximum absolute atomic E-state index is 14.5. The van der Waals surface area contributed by atoms with Gasteiger partial charge >= 0.3 is 0 Å². The summed E-state index contributed by atoms with van der Waals surface area (Å²) >= 11 is 6.54. The lowest BCUT2D eigenvalue weighted by atomic mass is 9.91. The van der Waals surface area contributed by atoms with Gasteiger partial charge in [0.05, 0.1) is 29.7 Å². The molecule has 1 saturated carbocycles. The first-order chi connectivity index (χ1) is 20.6. The smallest absolute Gasteiger partial charge is 0.251 e. The maximum atomic E-state index is 14.5. The van der Waals surface area contributed by atoms with Crippen LogP contribution in [0.3, 0.4) is 0 Å². The second-order valence-electron chi connectivity index (χ2n) is 10.5. The SMILES string of the molecule is N#Cc1ccnc(N2C(=O)CC[C@H]2C(=O)N(c2cncc(F)c2)C(C(=O)NC2CCC(F)(F)CC2)c2ccccc2Cl)c1. The van der Waals surface area contributed by atoms with Crippen molar-refractivity contribution < 1.29 is 27.6 Å². The van der Waals surface area contributed by atoms with Crippen LogP contribution in [0.4, 0.5) is 24.7 Å². The maximum Gasteiger partial charge on any atom is 0.251 e. The van der Waals surface area contributed by atoms with E-state index in [9.17, 15) is 32.8 Å². The zero-order valence-electron chi connectivity index (χ0n) is 22.7. The first kappa shape index (κ1) is 30.0. The van der Waals surface area contributed by atoms with Gasteiger partial charge in [-0.1, -0.05) is 29.8 Å². The van der Waals surface area contributed by atoms with Gasteiger partial charge in [0.25, 0.3) is 5.91 Å². The third-order valence-corrected chi connectivity index (χ3v) is 7.94. The molecule has 1 aromatic carbocycles. The van der Waals surface area contributed by atoms with E-state index in [1.165, 1.54) is 36.7 Å². The monoisotopic (exact) mass is 610 g/mol. The molecule has 2 fully saturated rings. The number of nitrogens with one attached hydrogen (secondary N) is 1. The fourth-order valence-corrected chi connectivity index (χ4v) is 5.72. The topological polar surface area (TPSA) is 119 Å². The average Bonchev–Trinajstić information content (AvgIpc) is 3.38. The molecular weight excluding hydrogens is 585 g/mol. The molecule has 222 valence electrons. The number of halogens is 4. The Labute approximate surface area is 250 Å². The van der Waals surface area contributed by atoms with Crippen LogP contribution >= 0.6 is 11.6 Å². The van der Waals surface area contributed by atoms with Gasteiger partial charge in [0.1, 0.15) is 23.7 Å². The number of carbonyl (C=O) groups is 3. The fraction of sp³-hybridized carbons (Fsp3) is 0.333. The van der Waals surface area contributed by atoms with E-state index in [4.69, 9.17) is 11.6 Å². The van der Waals surface area contributed by atoms with Crippen LogP contribution in [-0.2, 0) is 14.4 Å². The van der Waals surface area contributed by atoms with Gasteiger partial charge in [-0.3, -0.25) is 29.2 Å². The molecule has 9 nitrogen and oxygen atoms in total. The minimum atomic E-state index is -2.83. The van der Waals surface area contributed by atoms with Crippen molar-refractivity contribution in [1.82, 2.24) is 15.3 Å². The highest BCUT2D eigenvalue weighted by molar-refractivity contribution is 6.31. The highest BCUT2D eigenvalue weighted by atomic mass is 35.5. The Bertz CT molecular complexity index is 1590. The Kier molecular flexibility index (Phi) is 8.64. The van der Waals surface area contributed by atoms with Crippen molar-refractivity contribution in [2.45, 2.75) is 62.6 Å². The first-order valence-corrected chi connectivity index (χ1v) is 14.0. The summed E-state index contributed by atoms with van der Waals surface area (Å²) in [7, 11) is 0. The third-order valence-electron chi connectivity index (χ3n) is 7.59. The number of pyridine rings is 2. The predicted octanol–water partition coefficient (Wildman–Crippen LogP) is 5.10.